The molecule has 7 heteroatoms. The fourth-order valence-electron chi connectivity index (χ4n) is 2.64. The lowest BCUT2D eigenvalue weighted by atomic mass is 10.2. The molecule has 0 saturated carbocycles. The van der Waals surface area contributed by atoms with Crippen molar-refractivity contribution in [3.05, 3.63) is 65.5 Å². The summed E-state index contributed by atoms with van der Waals surface area (Å²) in [5.74, 6) is -2.03. The van der Waals surface area contributed by atoms with Crippen molar-refractivity contribution in [1.29, 1.82) is 0 Å². The van der Waals surface area contributed by atoms with Gasteiger partial charge in [0.2, 0.25) is 0 Å². The fraction of sp³-hybridized carbons (Fsp3) is 0.167. The number of ether oxygens (including phenoxy) is 1. The molecular formula is C18H15FN2O4. The molecule has 0 aliphatic carbocycles. The Morgan fingerprint density at radius 3 is 2.20 bits per heavy atom. The van der Waals surface area contributed by atoms with Crippen molar-refractivity contribution in [1.82, 2.24) is 9.80 Å². The van der Waals surface area contributed by atoms with Crippen LogP contribution in [0.1, 0.15) is 11.1 Å². The highest BCUT2D eigenvalue weighted by atomic mass is 19.1. The van der Waals surface area contributed by atoms with E-state index in [9.17, 15) is 18.8 Å². The molecule has 1 aliphatic rings. The number of carbonyl (C=O) groups excluding carboxylic acids is 3. The third kappa shape index (κ3) is 3.21. The lowest BCUT2D eigenvalue weighted by Crippen LogP contribution is -2.32. The van der Waals surface area contributed by atoms with Crippen LogP contribution in [0.3, 0.4) is 0 Å². The van der Waals surface area contributed by atoms with Gasteiger partial charge in [-0.1, -0.05) is 30.3 Å². The molecular weight excluding hydrogens is 327 g/mol. The number of hydrogen-bond acceptors (Lipinski definition) is 4. The monoisotopic (exact) mass is 342 g/mol. The first-order valence-corrected chi connectivity index (χ1v) is 7.55. The van der Waals surface area contributed by atoms with Crippen LogP contribution < -0.4 is 4.74 Å². The smallest absolute Gasteiger partial charge is 0.334 e. The number of urea groups is 1. The van der Waals surface area contributed by atoms with E-state index in [4.69, 9.17) is 4.74 Å². The first kappa shape index (κ1) is 16.6. The van der Waals surface area contributed by atoms with E-state index < -0.39 is 23.7 Å². The third-order valence-corrected chi connectivity index (χ3v) is 3.89. The largest absolute Gasteiger partial charge is 0.496 e. The molecule has 1 fully saturated rings. The summed E-state index contributed by atoms with van der Waals surface area (Å²) in [6.07, 6.45) is 0. The minimum absolute atomic E-state index is 0.00102. The second-order valence-corrected chi connectivity index (χ2v) is 5.51. The van der Waals surface area contributed by atoms with Gasteiger partial charge in [0.15, 0.2) is 0 Å². The summed E-state index contributed by atoms with van der Waals surface area (Å²) in [6.45, 7) is -0.239. The molecule has 2 aromatic carbocycles. The highest BCUT2D eigenvalue weighted by molar-refractivity contribution is 6.44. The van der Waals surface area contributed by atoms with Gasteiger partial charge in [0.25, 0.3) is 0 Å². The van der Waals surface area contributed by atoms with Gasteiger partial charge in [-0.3, -0.25) is 19.4 Å². The maximum absolute atomic E-state index is 13.5. The van der Waals surface area contributed by atoms with E-state index >= 15 is 0 Å². The normalized spacial score (nSPS) is 14.4. The predicted octanol–water partition coefficient (Wildman–Crippen LogP) is 2.33. The number of benzene rings is 2. The Balaban J connectivity index is 1.84. The summed E-state index contributed by atoms with van der Waals surface area (Å²) in [6, 6.07) is 11.9. The van der Waals surface area contributed by atoms with E-state index in [-0.39, 0.29) is 13.1 Å². The second-order valence-electron chi connectivity index (χ2n) is 5.51. The molecule has 3 rings (SSSR count). The van der Waals surface area contributed by atoms with Crippen LogP contribution in [0.4, 0.5) is 9.18 Å². The number of nitrogens with zero attached hydrogens (tertiary/aromatic N) is 2. The molecule has 0 bridgehead atoms. The Kier molecular flexibility index (Phi) is 4.47. The van der Waals surface area contributed by atoms with Crippen LogP contribution in [0.2, 0.25) is 0 Å². The van der Waals surface area contributed by atoms with E-state index in [2.05, 4.69) is 0 Å². The maximum atomic E-state index is 13.5. The molecule has 25 heavy (non-hydrogen) atoms. The average Bonchev–Trinajstić information content (AvgIpc) is 2.81. The molecule has 4 amide bonds. The number of halogens is 1. The molecule has 0 aromatic heterocycles. The van der Waals surface area contributed by atoms with Crippen molar-refractivity contribution in [2.24, 2.45) is 0 Å². The Labute approximate surface area is 143 Å². The quantitative estimate of drug-likeness (QED) is 0.618. The van der Waals surface area contributed by atoms with Crippen molar-refractivity contribution >= 4 is 17.8 Å². The minimum atomic E-state index is -0.938. The van der Waals surface area contributed by atoms with Gasteiger partial charge in [-0.05, 0) is 23.8 Å². The van der Waals surface area contributed by atoms with Gasteiger partial charge in [-0.2, -0.15) is 0 Å². The van der Waals surface area contributed by atoms with Crippen LogP contribution in [0.5, 0.6) is 5.75 Å². The van der Waals surface area contributed by atoms with Gasteiger partial charge in [0, 0.05) is 5.56 Å². The summed E-state index contributed by atoms with van der Waals surface area (Å²) in [5, 5.41) is 0. The van der Waals surface area contributed by atoms with E-state index in [1.165, 1.54) is 25.3 Å². The summed E-state index contributed by atoms with van der Waals surface area (Å²) < 4.78 is 18.6. The molecule has 128 valence electrons. The van der Waals surface area contributed by atoms with Crippen LogP contribution in [0.15, 0.2) is 48.5 Å². The zero-order valence-corrected chi connectivity index (χ0v) is 13.4. The van der Waals surface area contributed by atoms with Crippen molar-refractivity contribution in [2.45, 2.75) is 13.1 Å². The lowest BCUT2D eigenvalue weighted by molar-refractivity contribution is -0.143. The lowest BCUT2D eigenvalue weighted by Gasteiger charge is -2.17. The van der Waals surface area contributed by atoms with Crippen LogP contribution in [0, 0.1) is 5.82 Å². The molecule has 0 radical (unpaired) electrons. The predicted molar refractivity (Wildman–Crippen MR) is 85.9 cm³/mol. The molecule has 0 atom stereocenters. The SMILES string of the molecule is COc1ccc(F)cc1CN1C(=O)C(=O)N(Cc2ccccc2)C1=O. The molecule has 1 aliphatic heterocycles. The third-order valence-electron chi connectivity index (χ3n) is 3.89. The van der Waals surface area contributed by atoms with Crippen LogP contribution in [-0.4, -0.2) is 34.8 Å². The fourth-order valence-corrected chi connectivity index (χ4v) is 2.64. The van der Waals surface area contributed by atoms with E-state index in [1.807, 2.05) is 6.07 Å². The number of methoxy groups -OCH3 is 1. The summed E-state index contributed by atoms with van der Waals surface area (Å²) >= 11 is 0. The van der Waals surface area contributed by atoms with Gasteiger partial charge in [0.05, 0.1) is 20.2 Å². The maximum Gasteiger partial charge on any atom is 0.334 e. The van der Waals surface area contributed by atoms with Crippen molar-refractivity contribution in [2.75, 3.05) is 7.11 Å². The Bertz CT molecular complexity index is 838. The van der Waals surface area contributed by atoms with Crippen molar-refractivity contribution in [3.63, 3.8) is 0 Å². The molecule has 6 nitrogen and oxygen atoms in total. The topological polar surface area (TPSA) is 66.9 Å². The van der Waals surface area contributed by atoms with Gasteiger partial charge in [-0.15, -0.1) is 0 Å². The molecule has 2 aromatic rings. The van der Waals surface area contributed by atoms with E-state index in [0.717, 1.165) is 15.4 Å². The highest BCUT2D eigenvalue weighted by Crippen LogP contribution is 2.24. The first-order valence-electron chi connectivity index (χ1n) is 7.55. The van der Waals surface area contributed by atoms with E-state index in [1.54, 1.807) is 24.3 Å². The summed E-state index contributed by atoms with van der Waals surface area (Å²) in [7, 11) is 1.40. The van der Waals surface area contributed by atoms with E-state index in [0.29, 0.717) is 11.3 Å². The van der Waals surface area contributed by atoms with Crippen molar-refractivity contribution < 1.29 is 23.5 Å². The van der Waals surface area contributed by atoms with Crippen molar-refractivity contribution in [3.8, 4) is 5.75 Å². The second kappa shape index (κ2) is 6.72. The first-order chi connectivity index (χ1) is 12.0. The Morgan fingerprint density at radius 2 is 1.56 bits per heavy atom. The van der Waals surface area contributed by atoms with Crippen LogP contribution >= 0.6 is 0 Å². The van der Waals surface area contributed by atoms with Crippen LogP contribution in [0.25, 0.3) is 0 Å². The number of hydrogen-bond donors (Lipinski definition) is 0. The number of carbonyl (C=O) groups is 3. The standard InChI is InChI=1S/C18H15FN2O4/c1-25-15-8-7-14(19)9-13(15)11-21-17(23)16(22)20(18(21)24)10-12-5-3-2-4-6-12/h2-9H,10-11H2,1H3. The number of amides is 4. The summed E-state index contributed by atoms with van der Waals surface area (Å²) in [5.41, 5.74) is 1.03. The Morgan fingerprint density at radius 1 is 0.920 bits per heavy atom. The summed E-state index contributed by atoms with van der Waals surface area (Å²) in [4.78, 5) is 38.5. The molecule has 1 heterocycles. The van der Waals surface area contributed by atoms with Crippen LogP contribution in [-0.2, 0) is 22.7 Å². The zero-order chi connectivity index (χ0) is 18.0. The van der Waals surface area contributed by atoms with Gasteiger partial charge >= 0.3 is 17.8 Å². The minimum Gasteiger partial charge on any atom is -0.496 e. The average molecular weight is 342 g/mol. The highest BCUT2D eigenvalue weighted by Gasteiger charge is 2.44. The van der Waals surface area contributed by atoms with Gasteiger partial charge in [-0.25, -0.2) is 9.18 Å². The number of rotatable bonds is 5. The Hall–Kier alpha value is -3.22. The molecule has 0 spiro atoms. The van der Waals surface area contributed by atoms with Gasteiger partial charge < -0.3 is 4.74 Å². The van der Waals surface area contributed by atoms with Gasteiger partial charge in [0.1, 0.15) is 11.6 Å². The number of imide groups is 2. The zero-order valence-electron chi connectivity index (χ0n) is 13.4. The molecule has 0 N–H and O–H groups in total. The molecule has 1 saturated heterocycles. The molecule has 0 unspecified atom stereocenters.